The summed E-state index contributed by atoms with van der Waals surface area (Å²) in [5.41, 5.74) is 4.67. The summed E-state index contributed by atoms with van der Waals surface area (Å²) >= 11 is 0. The molecule has 0 bridgehead atoms. The predicted octanol–water partition coefficient (Wildman–Crippen LogP) is 3.97. The lowest BCUT2D eigenvalue weighted by Crippen LogP contribution is -2.00. The maximum atomic E-state index is 5.20. The first-order valence-electron chi connectivity index (χ1n) is 7.50. The molecule has 0 aliphatic heterocycles. The van der Waals surface area contributed by atoms with E-state index < -0.39 is 0 Å². The van der Waals surface area contributed by atoms with E-state index in [-0.39, 0.29) is 0 Å². The summed E-state index contributed by atoms with van der Waals surface area (Å²) in [6.07, 6.45) is 1.97. The Labute approximate surface area is 131 Å². The van der Waals surface area contributed by atoms with Gasteiger partial charge in [-0.2, -0.15) is 5.10 Å². The summed E-state index contributed by atoms with van der Waals surface area (Å²) in [6.45, 7) is 2.09. The first kappa shape index (κ1) is 14.4. The molecule has 3 aromatic rings. The molecule has 0 aliphatic rings. The lowest BCUT2D eigenvalue weighted by molar-refractivity contribution is 0.414. The van der Waals surface area contributed by atoms with Crippen molar-refractivity contribution in [2.75, 3.05) is 7.11 Å². The average molecular weight is 292 g/mol. The first-order valence-corrected chi connectivity index (χ1v) is 7.50. The highest BCUT2D eigenvalue weighted by molar-refractivity contribution is 5.38. The highest BCUT2D eigenvalue weighted by atomic mass is 16.5. The summed E-state index contributed by atoms with van der Waals surface area (Å²) in [6, 6.07) is 20.7. The fourth-order valence-corrected chi connectivity index (χ4v) is 2.56. The molecule has 0 spiro atoms. The van der Waals surface area contributed by atoms with Gasteiger partial charge >= 0.3 is 0 Å². The number of ether oxygens (including phenoxy) is 1. The van der Waals surface area contributed by atoms with Crippen LogP contribution in [0, 0.1) is 6.92 Å². The molecule has 0 unspecified atom stereocenters. The molecule has 0 N–H and O–H groups in total. The Morgan fingerprint density at radius 2 is 1.68 bits per heavy atom. The van der Waals surface area contributed by atoms with Crippen molar-refractivity contribution >= 4 is 0 Å². The van der Waals surface area contributed by atoms with E-state index in [9.17, 15) is 0 Å². The molecule has 0 saturated heterocycles. The van der Waals surface area contributed by atoms with E-state index in [0.717, 1.165) is 35.7 Å². The second-order valence-corrected chi connectivity index (χ2v) is 5.37. The smallest absolute Gasteiger partial charge is 0.119 e. The summed E-state index contributed by atoms with van der Waals surface area (Å²) in [5.74, 6) is 0.859. The van der Waals surface area contributed by atoms with Crippen LogP contribution in [0.15, 0.2) is 60.7 Å². The van der Waals surface area contributed by atoms with Crippen LogP contribution in [0.1, 0.15) is 17.0 Å². The van der Waals surface area contributed by atoms with Crippen molar-refractivity contribution in [2.45, 2.75) is 19.8 Å². The molecular weight excluding hydrogens is 272 g/mol. The van der Waals surface area contributed by atoms with Crippen LogP contribution in [-0.4, -0.2) is 16.9 Å². The topological polar surface area (TPSA) is 27.1 Å². The number of nitrogens with zero attached hydrogens (tertiary/aromatic N) is 2. The molecule has 0 saturated carbocycles. The lowest BCUT2D eigenvalue weighted by Gasteiger charge is -2.05. The monoisotopic (exact) mass is 292 g/mol. The average Bonchev–Trinajstić information content (AvgIpc) is 2.95. The maximum absolute atomic E-state index is 5.20. The zero-order valence-electron chi connectivity index (χ0n) is 13.0. The molecule has 1 aromatic heterocycles. The van der Waals surface area contributed by atoms with Gasteiger partial charge < -0.3 is 4.74 Å². The van der Waals surface area contributed by atoms with Crippen LogP contribution >= 0.6 is 0 Å². The zero-order chi connectivity index (χ0) is 15.4. The van der Waals surface area contributed by atoms with Crippen LogP contribution in [0.5, 0.6) is 5.75 Å². The number of hydrogen-bond donors (Lipinski definition) is 0. The van der Waals surface area contributed by atoms with Crippen molar-refractivity contribution in [3.8, 4) is 11.4 Å². The third kappa shape index (κ3) is 3.19. The number of hydrogen-bond acceptors (Lipinski definition) is 2. The minimum Gasteiger partial charge on any atom is -0.497 e. The third-order valence-electron chi connectivity index (χ3n) is 3.77. The maximum Gasteiger partial charge on any atom is 0.119 e. The van der Waals surface area contributed by atoms with E-state index in [0.29, 0.717) is 0 Å². The van der Waals surface area contributed by atoms with Gasteiger partial charge in [-0.3, -0.25) is 0 Å². The van der Waals surface area contributed by atoms with Crippen molar-refractivity contribution in [3.05, 3.63) is 77.6 Å². The molecule has 0 fully saturated rings. The summed E-state index contributed by atoms with van der Waals surface area (Å²) in [4.78, 5) is 0. The number of rotatable bonds is 5. The quantitative estimate of drug-likeness (QED) is 0.711. The minimum absolute atomic E-state index is 0.859. The van der Waals surface area contributed by atoms with Gasteiger partial charge in [-0.1, -0.05) is 30.3 Å². The van der Waals surface area contributed by atoms with Gasteiger partial charge in [0.25, 0.3) is 0 Å². The van der Waals surface area contributed by atoms with Gasteiger partial charge in [-0.15, -0.1) is 0 Å². The minimum atomic E-state index is 0.859. The molecule has 3 nitrogen and oxygen atoms in total. The van der Waals surface area contributed by atoms with Gasteiger partial charge in [0, 0.05) is 5.69 Å². The van der Waals surface area contributed by atoms with Crippen molar-refractivity contribution in [1.29, 1.82) is 0 Å². The number of methoxy groups -OCH3 is 1. The third-order valence-corrected chi connectivity index (χ3v) is 3.77. The largest absolute Gasteiger partial charge is 0.497 e. The molecule has 2 aromatic carbocycles. The Hall–Kier alpha value is -2.55. The van der Waals surface area contributed by atoms with Crippen molar-refractivity contribution in [2.24, 2.45) is 0 Å². The standard InChI is InChI=1S/C19H20N2O/c1-15-14-17(9-8-16-6-4-3-5-7-16)20-21(15)18-10-12-19(22-2)13-11-18/h3-7,10-14H,8-9H2,1-2H3. The van der Waals surface area contributed by atoms with Crippen LogP contribution < -0.4 is 4.74 Å². The Morgan fingerprint density at radius 1 is 0.955 bits per heavy atom. The molecule has 0 atom stereocenters. The second-order valence-electron chi connectivity index (χ2n) is 5.37. The Bertz CT molecular complexity index is 730. The van der Waals surface area contributed by atoms with Gasteiger partial charge in [0.15, 0.2) is 0 Å². The molecular formula is C19H20N2O. The highest BCUT2D eigenvalue weighted by Gasteiger charge is 2.07. The molecule has 3 heteroatoms. The SMILES string of the molecule is COc1ccc(-n2nc(CCc3ccccc3)cc2C)cc1. The molecule has 0 aliphatic carbocycles. The second kappa shape index (κ2) is 6.48. The van der Waals surface area contributed by atoms with Crippen LogP contribution in [0.25, 0.3) is 5.69 Å². The van der Waals surface area contributed by atoms with Gasteiger partial charge in [-0.05, 0) is 55.7 Å². The van der Waals surface area contributed by atoms with E-state index in [1.54, 1.807) is 7.11 Å². The van der Waals surface area contributed by atoms with Crippen LogP contribution in [0.3, 0.4) is 0 Å². The van der Waals surface area contributed by atoms with Crippen molar-refractivity contribution in [1.82, 2.24) is 9.78 Å². The van der Waals surface area contributed by atoms with E-state index in [2.05, 4.69) is 37.3 Å². The van der Waals surface area contributed by atoms with Crippen molar-refractivity contribution in [3.63, 3.8) is 0 Å². The molecule has 22 heavy (non-hydrogen) atoms. The van der Waals surface area contributed by atoms with Crippen LogP contribution in [0.4, 0.5) is 0 Å². The molecule has 112 valence electrons. The summed E-state index contributed by atoms with van der Waals surface area (Å²) in [7, 11) is 1.68. The zero-order valence-corrected chi connectivity index (χ0v) is 13.0. The van der Waals surface area contributed by atoms with E-state index in [1.807, 2.05) is 35.0 Å². The highest BCUT2D eigenvalue weighted by Crippen LogP contribution is 2.17. The molecule has 3 rings (SSSR count). The number of aryl methyl sites for hydroxylation is 3. The van der Waals surface area contributed by atoms with E-state index in [1.165, 1.54) is 5.56 Å². The Kier molecular flexibility index (Phi) is 4.24. The van der Waals surface area contributed by atoms with Gasteiger partial charge in [0.05, 0.1) is 18.5 Å². The fraction of sp³-hybridized carbons (Fsp3) is 0.211. The van der Waals surface area contributed by atoms with Crippen LogP contribution in [0.2, 0.25) is 0 Å². The van der Waals surface area contributed by atoms with E-state index in [4.69, 9.17) is 9.84 Å². The van der Waals surface area contributed by atoms with Gasteiger partial charge in [0.2, 0.25) is 0 Å². The fourth-order valence-electron chi connectivity index (χ4n) is 2.56. The molecule has 0 amide bonds. The molecule has 0 radical (unpaired) electrons. The Balaban J connectivity index is 1.75. The number of benzene rings is 2. The molecule has 1 heterocycles. The van der Waals surface area contributed by atoms with Crippen molar-refractivity contribution < 1.29 is 4.74 Å². The lowest BCUT2D eigenvalue weighted by atomic mass is 10.1. The van der Waals surface area contributed by atoms with Crippen LogP contribution in [-0.2, 0) is 12.8 Å². The van der Waals surface area contributed by atoms with Gasteiger partial charge in [-0.25, -0.2) is 4.68 Å². The Morgan fingerprint density at radius 3 is 2.36 bits per heavy atom. The normalized spacial score (nSPS) is 10.6. The van der Waals surface area contributed by atoms with E-state index >= 15 is 0 Å². The summed E-state index contributed by atoms with van der Waals surface area (Å²) in [5, 5.41) is 4.73. The first-order chi connectivity index (χ1) is 10.8. The summed E-state index contributed by atoms with van der Waals surface area (Å²) < 4.78 is 7.18. The number of aromatic nitrogens is 2. The van der Waals surface area contributed by atoms with Gasteiger partial charge in [0.1, 0.15) is 5.75 Å². The predicted molar refractivity (Wildman–Crippen MR) is 88.7 cm³/mol.